The average Bonchev–Trinajstić information content (AvgIpc) is 2.64. The fourth-order valence-electron chi connectivity index (χ4n) is 1.36. The van der Waals surface area contributed by atoms with Crippen molar-refractivity contribution in [1.82, 2.24) is 0 Å². The molecule has 1 aliphatic rings. The normalized spacial score (nSPS) is 13.9. The number of nitriles is 1. The summed E-state index contributed by atoms with van der Waals surface area (Å²) in [6, 6.07) is 7.28. The summed E-state index contributed by atoms with van der Waals surface area (Å²) in [7, 11) is 0. The second-order valence-corrected chi connectivity index (χ2v) is 3.08. The van der Waals surface area contributed by atoms with Gasteiger partial charge in [-0.15, -0.1) is 12.4 Å². The van der Waals surface area contributed by atoms with E-state index >= 15 is 0 Å². The molecule has 0 bridgehead atoms. The van der Waals surface area contributed by atoms with E-state index in [0.29, 0.717) is 12.2 Å². The zero-order valence-electron chi connectivity index (χ0n) is 7.97. The first-order valence-electron chi connectivity index (χ1n) is 4.33. The minimum Gasteiger partial charge on any atom is -0.454 e. The highest BCUT2D eigenvalue weighted by atomic mass is 35.5. The number of halogens is 1. The van der Waals surface area contributed by atoms with Crippen molar-refractivity contribution in [2.45, 2.75) is 12.5 Å². The third kappa shape index (κ3) is 2.32. The molecule has 0 aliphatic carbocycles. The second-order valence-electron chi connectivity index (χ2n) is 3.08. The minimum absolute atomic E-state index is 0. The van der Waals surface area contributed by atoms with Gasteiger partial charge in [0.05, 0.1) is 12.5 Å². The van der Waals surface area contributed by atoms with Crippen LogP contribution in [0.3, 0.4) is 0 Å². The molecule has 4 nitrogen and oxygen atoms in total. The minimum atomic E-state index is -0.255. The van der Waals surface area contributed by atoms with Crippen LogP contribution in [0.2, 0.25) is 0 Å². The van der Waals surface area contributed by atoms with E-state index in [9.17, 15) is 0 Å². The van der Waals surface area contributed by atoms with E-state index in [-0.39, 0.29) is 25.2 Å². The van der Waals surface area contributed by atoms with Crippen molar-refractivity contribution in [3.05, 3.63) is 23.8 Å². The van der Waals surface area contributed by atoms with E-state index < -0.39 is 0 Å². The maximum absolute atomic E-state index is 8.51. The smallest absolute Gasteiger partial charge is 0.231 e. The van der Waals surface area contributed by atoms with Crippen molar-refractivity contribution >= 4 is 12.4 Å². The van der Waals surface area contributed by atoms with Gasteiger partial charge < -0.3 is 15.2 Å². The molecule has 0 radical (unpaired) electrons. The molecule has 80 valence electrons. The van der Waals surface area contributed by atoms with Crippen molar-refractivity contribution in [2.24, 2.45) is 5.73 Å². The highest BCUT2D eigenvalue weighted by Crippen LogP contribution is 2.34. The number of ether oxygens (including phenoxy) is 2. The summed E-state index contributed by atoms with van der Waals surface area (Å²) in [5, 5.41) is 8.51. The van der Waals surface area contributed by atoms with Crippen molar-refractivity contribution in [1.29, 1.82) is 5.26 Å². The molecular formula is C10H11ClN2O2. The van der Waals surface area contributed by atoms with Gasteiger partial charge in [-0.3, -0.25) is 0 Å². The molecule has 0 saturated carbocycles. The lowest BCUT2D eigenvalue weighted by molar-refractivity contribution is 0.174. The zero-order valence-corrected chi connectivity index (χ0v) is 8.79. The number of nitrogens with zero attached hydrogens (tertiary/aromatic N) is 1. The van der Waals surface area contributed by atoms with Crippen LogP contribution in [0.15, 0.2) is 18.2 Å². The largest absolute Gasteiger partial charge is 0.454 e. The first-order valence-corrected chi connectivity index (χ1v) is 4.33. The van der Waals surface area contributed by atoms with E-state index in [1.807, 2.05) is 24.3 Å². The van der Waals surface area contributed by atoms with Gasteiger partial charge in [0.1, 0.15) is 0 Å². The zero-order chi connectivity index (χ0) is 9.97. The van der Waals surface area contributed by atoms with Gasteiger partial charge in [-0.25, -0.2) is 0 Å². The van der Waals surface area contributed by atoms with E-state index in [2.05, 4.69) is 0 Å². The first kappa shape index (κ1) is 11.6. The fraction of sp³-hybridized carbons (Fsp3) is 0.300. The molecule has 1 aromatic rings. The van der Waals surface area contributed by atoms with Crippen LogP contribution in [0.1, 0.15) is 18.0 Å². The van der Waals surface area contributed by atoms with Crippen LogP contribution in [-0.4, -0.2) is 6.79 Å². The summed E-state index contributed by atoms with van der Waals surface area (Å²) in [4.78, 5) is 0. The van der Waals surface area contributed by atoms with Gasteiger partial charge in [-0.1, -0.05) is 6.07 Å². The third-order valence-corrected chi connectivity index (χ3v) is 2.14. The molecule has 0 saturated heterocycles. The van der Waals surface area contributed by atoms with Crippen molar-refractivity contribution < 1.29 is 9.47 Å². The molecule has 2 rings (SSSR count). The van der Waals surface area contributed by atoms with Gasteiger partial charge in [0.2, 0.25) is 6.79 Å². The highest BCUT2D eigenvalue weighted by molar-refractivity contribution is 5.85. The molecular weight excluding hydrogens is 216 g/mol. The Hall–Kier alpha value is -1.44. The van der Waals surface area contributed by atoms with Crippen LogP contribution in [0.25, 0.3) is 0 Å². The predicted octanol–water partition coefficient (Wildman–Crippen LogP) is 1.75. The molecule has 0 amide bonds. The quantitative estimate of drug-likeness (QED) is 0.834. The standard InChI is InChI=1S/C10H10N2O2.ClH/c11-4-3-8(12)7-1-2-9-10(5-7)14-6-13-9;/h1-2,5,8H,3,6,12H2;1H/t8-;/m1./s1. The Morgan fingerprint density at radius 2 is 2.13 bits per heavy atom. The summed E-state index contributed by atoms with van der Waals surface area (Å²) in [5.74, 6) is 1.44. The van der Waals surface area contributed by atoms with Crippen LogP contribution in [0, 0.1) is 11.3 Å². The molecule has 1 aliphatic heterocycles. The summed E-state index contributed by atoms with van der Waals surface area (Å²) in [5.41, 5.74) is 6.68. The molecule has 15 heavy (non-hydrogen) atoms. The lowest BCUT2D eigenvalue weighted by Crippen LogP contribution is -2.08. The summed E-state index contributed by atoms with van der Waals surface area (Å²) < 4.78 is 10.4. The lowest BCUT2D eigenvalue weighted by atomic mass is 10.1. The molecule has 0 spiro atoms. The molecule has 1 aromatic carbocycles. The lowest BCUT2D eigenvalue weighted by Gasteiger charge is -2.07. The Morgan fingerprint density at radius 3 is 2.87 bits per heavy atom. The highest BCUT2D eigenvalue weighted by Gasteiger charge is 2.15. The monoisotopic (exact) mass is 226 g/mol. The van der Waals surface area contributed by atoms with Crippen molar-refractivity contribution in [3.8, 4) is 17.6 Å². The van der Waals surface area contributed by atoms with Gasteiger partial charge in [-0.2, -0.15) is 5.26 Å². The van der Waals surface area contributed by atoms with Crippen LogP contribution < -0.4 is 15.2 Å². The van der Waals surface area contributed by atoms with E-state index in [1.54, 1.807) is 0 Å². The Kier molecular flexibility index (Phi) is 3.78. The molecule has 0 aromatic heterocycles. The van der Waals surface area contributed by atoms with Gasteiger partial charge in [0.15, 0.2) is 11.5 Å². The fourth-order valence-corrected chi connectivity index (χ4v) is 1.36. The van der Waals surface area contributed by atoms with Crippen molar-refractivity contribution in [3.63, 3.8) is 0 Å². The van der Waals surface area contributed by atoms with E-state index in [4.69, 9.17) is 20.5 Å². The molecule has 0 fully saturated rings. The van der Waals surface area contributed by atoms with Gasteiger partial charge in [0, 0.05) is 6.04 Å². The molecule has 2 N–H and O–H groups in total. The summed E-state index contributed by atoms with van der Waals surface area (Å²) in [6.45, 7) is 0.256. The Balaban J connectivity index is 0.00000112. The maximum atomic E-state index is 8.51. The van der Waals surface area contributed by atoms with Crippen LogP contribution >= 0.6 is 12.4 Å². The number of hydrogen-bond donors (Lipinski definition) is 1. The van der Waals surface area contributed by atoms with Gasteiger partial charge in [0.25, 0.3) is 0 Å². The topological polar surface area (TPSA) is 68.3 Å². The third-order valence-electron chi connectivity index (χ3n) is 2.14. The van der Waals surface area contributed by atoms with Crippen LogP contribution in [0.4, 0.5) is 0 Å². The first-order chi connectivity index (χ1) is 6.81. The van der Waals surface area contributed by atoms with Crippen LogP contribution in [0.5, 0.6) is 11.5 Å². The number of rotatable bonds is 2. The molecule has 0 unspecified atom stereocenters. The van der Waals surface area contributed by atoms with Gasteiger partial charge in [-0.05, 0) is 17.7 Å². The SMILES string of the molecule is Cl.N#CC[C@@H](N)c1ccc2c(c1)OCO2. The summed E-state index contributed by atoms with van der Waals surface area (Å²) >= 11 is 0. The number of benzene rings is 1. The van der Waals surface area contributed by atoms with Gasteiger partial charge >= 0.3 is 0 Å². The van der Waals surface area contributed by atoms with Crippen molar-refractivity contribution in [2.75, 3.05) is 6.79 Å². The maximum Gasteiger partial charge on any atom is 0.231 e. The van der Waals surface area contributed by atoms with E-state index in [1.165, 1.54) is 0 Å². The predicted molar refractivity (Wildman–Crippen MR) is 57.0 cm³/mol. The average molecular weight is 227 g/mol. The number of fused-ring (bicyclic) bond motifs is 1. The molecule has 1 heterocycles. The molecule has 1 atom stereocenters. The summed E-state index contributed by atoms with van der Waals surface area (Å²) in [6.07, 6.45) is 0.305. The molecule has 5 heteroatoms. The number of nitrogens with two attached hydrogens (primary N) is 1. The Bertz CT molecular complexity index is 389. The number of hydrogen-bond acceptors (Lipinski definition) is 4. The van der Waals surface area contributed by atoms with Crippen LogP contribution in [-0.2, 0) is 0 Å². The second kappa shape index (κ2) is 4.87. The Morgan fingerprint density at radius 1 is 1.40 bits per heavy atom. The Labute approximate surface area is 94.0 Å². The van der Waals surface area contributed by atoms with E-state index in [0.717, 1.165) is 11.3 Å².